The van der Waals surface area contributed by atoms with Crippen LogP contribution in [-0.2, 0) is 0 Å². The van der Waals surface area contributed by atoms with Crippen molar-refractivity contribution >= 4 is 11.9 Å². The second-order valence-corrected chi connectivity index (χ2v) is 5.13. The molecule has 7 heteroatoms. The van der Waals surface area contributed by atoms with E-state index in [4.69, 9.17) is 5.73 Å². The van der Waals surface area contributed by atoms with Gasteiger partial charge in [-0.3, -0.25) is 4.57 Å². The Morgan fingerprint density at radius 1 is 1.30 bits per heavy atom. The predicted molar refractivity (Wildman–Crippen MR) is 76.6 cm³/mol. The molecule has 2 N–H and O–H groups in total. The Bertz CT molecular complexity index is 566. The van der Waals surface area contributed by atoms with Gasteiger partial charge in [-0.1, -0.05) is 13.3 Å². The zero-order valence-electron chi connectivity index (χ0n) is 11.6. The summed E-state index contributed by atoms with van der Waals surface area (Å²) >= 11 is 0. The topological polar surface area (TPSA) is 85.8 Å². The van der Waals surface area contributed by atoms with Crippen molar-refractivity contribution in [1.82, 2.24) is 24.5 Å². The highest BCUT2D eigenvalue weighted by Gasteiger charge is 2.21. The summed E-state index contributed by atoms with van der Waals surface area (Å²) in [4.78, 5) is 19.2. The van der Waals surface area contributed by atoms with Crippen LogP contribution in [0.5, 0.6) is 0 Å². The molecule has 20 heavy (non-hydrogen) atoms. The average molecular weight is 273 g/mol. The monoisotopic (exact) mass is 273 g/mol. The molecule has 0 radical (unpaired) electrons. The molecule has 1 aliphatic heterocycles. The number of nitrogens with zero attached hydrogens (tertiary/aromatic N) is 6. The summed E-state index contributed by atoms with van der Waals surface area (Å²) in [6.07, 6.45) is 8.78. The summed E-state index contributed by atoms with van der Waals surface area (Å²) in [6.45, 7) is 4.19. The summed E-state index contributed by atoms with van der Waals surface area (Å²) in [5, 5.41) is 0. The van der Waals surface area contributed by atoms with Gasteiger partial charge in [-0.15, -0.1) is 0 Å². The lowest BCUT2D eigenvalue weighted by Crippen LogP contribution is -2.36. The number of imidazole rings is 1. The molecular formula is C13H19N7. The van der Waals surface area contributed by atoms with Gasteiger partial charge in [0, 0.05) is 25.5 Å². The Labute approximate surface area is 117 Å². The van der Waals surface area contributed by atoms with Gasteiger partial charge in [0.25, 0.3) is 0 Å². The van der Waals surface area contributed by atoms with Gasteiger partial charge in [-0.25, -0.2) is 4.98 Å². The van der Waals surface area contributed by atoms with Crippen LogP contribution >= 0.6 is 0 Å². The van der Waals surface area contributed by atoms with E-state index in [1.807, 2.05) is 0 Å². The predicted octanol–water partition coefficient (Wildman–Crippen LogP) is 1.27. The minimum atomic E-state index is 0.248. The minimum Gasteiger partial charge on any atom is -0.368 e. The van der Waals surface area contributed by atoms with E-state index in [0.29, 0.717) is 17.8 Å². The quantitative estimate of drug-likeness (QED) is 0.906. The number of nitrogens with two attached hydrogens (primary N) is 1. The van der Waals surface area contributed by atoms with Crippen LogP contribution < -0.4 is 10.6 Å². The summed E-state index contributed by atoms with van der Waals surface area (Å²) < 4.78 is 1.74. The maximum Gasteiger partial charge on any atom is 0.241 e. The first-order chi connectivity index (χ1) is 9.76. The molecule has 0 aromatic carbocycles. The third-order valence-electron chi connectivity index (χ3n) is 3.74. The lowest BCUT2D eigenvalue weighted by atomic mass is 9.96. The summed E-state index contributed by atoms with van der Waals surface area (Å²) in [5.74, 6) is 2.14. The van der Waals surface area contributed by atoms with Gasteiger partial charge < -0.3 is 10.6 Å². The molecule has 0 bridgehead atoms. The molecule has 1 saturated heterocycles. The zero-order chi connectivity index (χ0) is 13.9. The van der Waals surface area contributed by atoms with Crippen LogP contribution in [0.4, 0.5) is 11.9 Å². The van der Waals surface area contributed by atoms with Crippen LogP contribution in [0.1, 0.15) is 26.2 Å². The van der Waals surface area contributed by atoms with E-state index in [2.05, 4.69) is 31.8 Å². The highest BCUT2D eigenvalue weighted by molar-refractivity contribution is 5.38. The van der Waals surface area contributed by atoms with E-state index < -0.39 is 0 Å². The Morgan fingerprint density at radius 2 is 2.15 bits per heavy atom. The second-order valence-electron chi connectivity index (χ2n) is 5.13. The fourth-order valence-electron chi connectivity index (χ4n) is 2.58. The van der Waals surface area contributed by atoms with Gasteiger partial charge in [0.15, 0.2) is 0 Å². The number of hydrogen-bond acceptors (Lipinski definition) is 6. The van der Waals surface area contributed by atoms with Gasteiger partial charge >= 0.3 is 0 Å². The van der Waals surface area contributed by atoms with Crippen LogP contribution in [0.25, 0.3) is 5.95 Å². The zero-order valence-corrected chi connectivity index (χ0v) is 11.6. The Kier molecular flexibility index (Phi) is 3.49. The Balaban J connectivity index is 1.89. The molecule has 1 aliphatic rings. The lowest BCUT2D eigenvalue weighted by Gasteiger charge is -2.32. The van der Waals surface area contributed by atoms with E-state index in [0.717, 1.165) is 13.1 Å². The van der Waals surface area contributed by atoms with Gasteiger partial charge in [0.1, 0.15) is 6.33 Å². The molecule has 1 fully saturated rings. The number of hydrogen-bond donors (Lipinski definition) is 1. The first-order valence-electron chi connectivity index (χ1n) is 7.01. The molecule has 2 aromatic rings. The van der Waals surface area contributed by atoms with E-state index in [9.17, 15) is 0 Å². The maximum absolute atomic E-state index is 5.82. The van der Waals surface area contributed by atoms with Crippen LogP contribution in [-0.4, -0.2) is 37.6 Å². The molecule has 0 aliphatic carbocycles. The summed E-state index contributed by atoms with van der Waals surface area (Å²) in [6, 6.07) is 0. The molecule has 1 unspecified atom stereocenters. The molecule has 0 saturated carbocycles. The molecule has 3 rings (SSSR count). The molecule has 2 aromatic heterocycles. The third-order valence-corrected chi connectivity index (χ3v) is 3.74. The molecule has 0 amide bonds. The van der Waals surface area contributed by atoms with Gasteiger partial charge in [-0.2, -0.15) is 15.0 Å². The van der Waals surface area contributed by atoms with Crippen molar-refractivity contribution in [2.75, 3.05) is 23.7 Å². The summed E-state index contributed by atoms with van der Waals surface area (Å²) in [7, 11) is 0. The number of aromatic nitrogens is 5. The fourth-order valence-corrected chi connectivity index (χ4v) is 2.58. The van der Waals surface area contributed by atoms with Crippen molar-refractivity contribution < 1.29 is 0 Å². The largest absolute Gasteiger partial charge is 0.368 e. The van der Waals surface area contributed by atoms with Gasteiger partial charge in [0.2, 0.25) is 17.8 Å². The van der Waals surface area contributed by atoms with Crippen molar-refractivity contribution in [3.8, 4) is 5.95 Å². The van der Waals surface area contributed by atoms with Crippen LogP contribution in [0.3, 0.4) is 0 Å². The summed E-state index contributed by atoms with van der Waals surface area (Å²) in [5.41, 5.74) is 5.82. The molecular weight excluding hydrogens is 254 g/mol. The van der Waals surface area contributed by atoms with Crippen LogP contribution in [0, 0.1) is 5.92 Å². The number of nitrogen functional groups attached to an aromatic ring is 1. The molecule has 3 heterocycles. The van der Waals surface area contributed by atoms with Gasteiger partial charge in [-0.05, 0) is 18.8 Å². The lowest BCUT2D eigenvalue weighted by molar-refractivity contribution is 0.401. The molecule has 106 valence electrons. The van der Waals surface area contributed by atoms with Crippen molar-refractivity contribution in [2.24, 2.45) is 5.92 Å². The van der Waals surface area contributed by atoms with Crippen LogP contribution in [0.2, 0.25) is 0 Å². The van der Waals surface area contributed by atoms with E-state index in [1.165, 1.54) is 19.3 Å². The SMILES string of the molecule is CCC1CCCN(c2nc(N)nc(-n3ccnc3)n2)C1. The van der Waals surface area contributed by atoms with Crippen molar-refractivity contribution in [3.05, 3.63) is 18.7 Å². The van der Waals surface area contributed by atoms with E-state index in [-0.39, 0.29) is 5.95 Å². The Morgan fingerprint density at radius 3 is 2.90 bits per heavy atom. The molecule has 7 nitrogen and oxygen atoms in total. The highest BCUT2D eigenvalue weighted by Crippen LogP contribution is 2.23. The number of anilines is 2. The number of rotatable bonds is 3. The first-order valence-corrected chi connectivity index (χ1v) is 7.01. The first kappa shape index (κ1) is 12.8. The standard InChI is InChI=1S/C13H19N7/c1-2-10-4-3-6-19(8-10)12-16-11(14)17-13(18-12)20-7-5-15-9-20/h5,7,9-10H,2-4,6,8H2,1H3,(H2,14,16,17,18). The van der Waals surface area contributed by atoms with Crippen molar-refractivity contribution in [3.63, 3.8) is 0 Å². The molecule has 1 atom stereocenters. The maximum atomic E-state index is 5.82. The van der Waals surface area contributed by atoms with E-state index >= 15 is 0 Å². The van der Waals surface area contributed by atoms with E-state index in [1.54, 1.807) is 23.3 Å². The highest BCUT2D eigenvalue weighted by atomic mass is 15.3. The second kappa shape index (κ2) is 5.44. The average Bonchev–Trinajstić information content (AvgIpc) is 3.01. The van der Waals surface area contributed by atoms with Crippen LogP contribution in [0.15, 0.2) is 18.7 Å². The molecule has 0 spiro atoms. The fraction of sp³-hybridized carbons (Fsp3) is 0.538. The smallest absolute Gasteiger partial charge is 0.241 e. The normalized spacial score (nSPS) is 19.2. The van der Waals surface area contributed by atoms with Crippen molar-refractivity contribution in [2.45, 2.75) is 26.2 Å². The minimum absolute atomic E-state index is 0.248. The number of piperidine rings is 1. The van der Waals surface area contributed by atoms with Gasteiger partial charge in [0.05, 0.1) is 0 Å². The van der Waals surface area contributed by atoms with Crippen molar-refractivity contribution in [1.29, 1.82) is 0 Å². The Hall–Kier alpha value is -2.18. The third kappa shape index (κ3) is 2.56.